The van der Waals surface area contributed by atoms with Crippen LogP contribution in [0.5, 0.6) is 0 Å². The maximum absolute atomic E-state index is 12.3. The zero-order valence-corrected chi connectivity index (χ0v) is 11.8. The van der Waals surface area contributed by atoms with Gasteiger partial charge in [0.05, 0.1) is 0 Å². The number of azide groups is 1. The third-order valence-electron chi connectivity index (χ3n) is 2.35. The molecule has 1 heterocycles. The minimum Gasteiger partial charge on any atom is -0.254 e. The molecular formula is C11H9N7O3S. The van der Waals surface area contributed by atoms with Crippen LogP contribution in [-0.4, -0.2) is 28.8 Å². The van der Waals surface area contributed by atoms with Crippen molar-refractivity contribution in [2.75, 3.05) is 5.32 Å². The van der Waals surface area contributed by atoms with E-state index >= 15 is 0 Å². The van der Waals surface area contributed by atoms with E-state index in [9.17, 15) is 13.2 Å². The molecule has 112 valence electrons. The quantitative estimate of drug-likeness (QED) is 0.396. The largest absolute Gasteiger partial charge is 0.434 e. The lowest BCUT2D eigenvalue weighted by atomic mass is 10.4. The first-order valence-electron chi connectivity index (χ1n) is 5.79. The molecule has 11 heteroatoms. The van der Waals surface area contributed by atoms with Crippen LogP contribution in [0.3, 0.4) is 0 Å². The molecule has 0 radical (unpaired) electrons. The van der Waals surface area contributed by atoms with Gasteiger partial charge in [-0.25, -0.2) is 14.8 Å². The Morgan fingerprint density at radius 3 is 2.41 bits per heavy atom. The van der Waals surface area contributed by atoms with Crippen LogP contribution >= 0.6 is 0 Å². The molecule has 0 fully saturated rings. The van der Waals surface area contributed by atoms with Gasteiger partial charge in [-0.1, -0.05) is 18.2 Å². The molecule has 0 unspecified atom stereocenters. The fourth-order valence-corrected chi connectivity index (χ4v) is 2.53. The Balaban J connectivity index is 2.34. The Bertz CT molecular complexity index is 804. The summed E-state index contributed by atoms with van der Waals surface area (Å²) in [6.45, 7) is 0. The molecule has 1 N–H and O–H groups in total. The number of rotatable bonds is 4. The Hall–Kier alpha value is -3.17. The molecule has 0 atom stereocenters. The average Bonchev–Trinajstić information content (AvgIpc) is 2.54. The number of urea groups is 1. The second kappa shape index (κ2) is 6.52. The Morgan fingerprint density at radius 2 is 1.82 bits per heavy atom. The molecule has 10 nitrogen and oxygen atoms in total. The smallest absolute Gasteiger partial charge is 0.254 e. The van der Waals surface area contributed by atoms with Crippen LogP contribution in [0.4, 0.5) is 10.7 Å². The second-order valence-corrected chi connectivity index (χ2v) is 5.51. The summed E-state index contributed by atoms with van der Waals surface area (Å²) in [7, 11) is -4.34. The van der Waals surface area contributed by atoms with Gasteiger partial charge in [0.15, 0.2) is 0 Å². The molecule has 0 saturated carbocycles. The summed E-state index contributed by atoms with van der Waals surface area (Å²) < 4.78 is 24.6. The number of nitrogens with one attached hydrogen (secondary N) is 1. The molecule has 1 aromatic heterocycles. The molecule has 22 heavy (non-hydrogen) atoms. The Morgan fingerprint density at radius 1 is 1.18 bits per heavy atom. The monoisotopic (exact) mass is 319 g/mol. The summed E-state index contributed by atoms with van der Waals surface area (Å²) in [5.41, 5.74) is 8.50. The maximum Gasteiger partial charge on any atom is 0.434 e. The summed E-state index contributed by atoms with van der Waals surface area (Å²) in [6, 6.07) is 7.39. The van der Waals surface area contributed by atoms with Crippen LogP contribution in [0.1, 0.15) is 0 Å². The predicted octanol–water partition coefficient (Wildman–Crippen LogP) is 1.92. The normalized spacial score (nSPS) is 10.4. The van der Waals surface area contributed by atoms with E-state index in [1.807, 2.05) is 0 Å². The number of sulfonamides is 1. The number of anilines is 1. The summed E-state index contributed by atoms with van der Waals surface area (Å²) in [5, 5.41) is 5.05. The van der Waals surface area contributed by atoms with Gasteiger partial charge in [-0.3, -0.25) is 5.32 Å². The summed E-state index contributed by atoms with van der Waals surface area (Å²) >= 11 is 0. The lowest BCUT2D eigenvalue weighted by molar-refractivity contribution is 0.236. The number of carbonyl (C=O) groups is 1. The number of nitrogens with zero attached hydrogens (tertiary/aromatic N) is 6. The van der Waals surface area contributed by atoms with E-state index in [1.165, 1.54) is 42.7 Å². The van der Waals surface area contributed by atoms with Crippen molar-refractivity contribution in [2.24, 2.45) is 5.22 Å². The van der Waals surface area contributed by atoms with Crippen molar-refractivity contribution >= 4 is 22.0 Å². The van der Waals surface area contributed by atoms with Gasteiger partial charge in [-0.2, -0.15) is 13.3 Å². The van der Waals surface area contributed by atoms with Crippen molar-refractivity contribution in [1.29, 1.82) is 0 Å². The second-order valence-electron chi connectivity index (χ2n) is 3.74. The lowest BCUT2D eigenvalue weighted by Crippen LogP contribution is -2.35. The summed E-state index contributed by atoms with van der Waals surface area (Å²) in [5.74, 6) is -0.131. The number of carbonyl (C=O) groups excluding carboxylic acids is 1. The van der Waals surface area contributed by atoms with Crippen LogP contribution in [-0.2, 0) is 10.0 Å². The van der Waals surface area contributed by atoms with Gasteiger partial charge >= 0.3 is 16.1 Å². The minimum atomic E-state index is -4.34. The van der Waals surface area contributed by atoms with Crippen LogP contribution in [0.2, 0.25) is 0 Å². The van der Waals surface area contributed by atoms with E-state index in [0.717, 1.165) is 0 Å². The van der Waals surface area contributed by atoms with E-state index in [1.54, 1.807) is 6.07 Å². The number of hydrogen-bond donors (Lipinski definition) is 1. The van der Waals surface area contributed by atoms with Gasteiger partial charge < -0.3 is 0 Å². The van der Waals surface area contributed by atoms with Crippen LogP contribution in [0.15, 0.2) is 58.9 Å². The fraction of sp³-hybridized carbons (Fsp3) is 0. The average molecular weight is 319 g/mol. The van der Waals surface area contributed by atoms with Gasteiger partial charge in [0, 0.05) is 17.6 Å². The zero-order valence-electron chi connectivity index (χ0n) is 10.9. The van der Waals surface area contributed by atoms with Crippen molar-refractivity contribution in [1.82, 2.24) is 14.4 Å². The molecule has 2 rings (SSSR count). The molecular weight excluding hydrogens is 310 g/mol. The van der Waals surface area contributed by atoms with Crippen molar-refractivity contribution in [3.63, 3.8) is 0 Å². The molecule has 0 aliphatic heterocycles. The highest BCUT2D eigenvalue weighted by atomic mass is 32.2. The maximum atomic E-state index is 12.3. The van der Waals surface area contributed by atoms with Crippen molar-refractivity contribution < 1.29 is 13.2 Å². The Labute approximate surface area is 125 Å². The number of hydrogen-bond acceptors (Lipinski definition) is 6. The van der Waals surface area contributed by atoms with Crippen LogP contribution in [0, 0.1) is 0 Å². The van der Waals surface area contributed by atoms with Gasteiger partial charge in [-0.05, 0) is 22.6 Å². The first kappa shape index (κ1) is 15.2. The first-order valence-corrected chi connectivity index (χ1v) is 7.23. The standard InChI is InChI=1S/C11H9N7O3S/c12-16-17-18(11(19)15-10-13-7-4-8-14-10)22(20,21)9-5-2-1-3-6-9/h1-8H,(H,13,14,15,19). The Kier molecular flexibility index (Phi) is 4.51. The fourth-order valence-electron chi connectivity index (χ4n) is 1.43. The summed E-state index contributed by atoms with van der Waals surface area (Å²) in [4.78, 5) is 21.6. The van der Waals surface area contributed by atoms with Crippen molar-refractivity contribution in [3.8, 4) is 0 Å². The van der Waals surface area contributed by atoms with Crippen molar-refractivity contribution in [3.05, 3.63) is 59.2 Å². The molecule has 0 spiro atoms. The molecule has 0 aliphatic rings. The van der Waals surface area contributed by atoms with Gasteiger partial charge in [0.2, 0.25) is 5.95 Å². The van der Waals surface area contributed by atoms with Crippen LogP contribution in [0.25, 0.3) is 10.4 Å². The summed E-state index contributed by atoms with van der Waals surface area (Å²) in [6.07, 6.45) is 2.71. The first-order chi connectivity index (χ1) is 10.6. The van der Waals surface area contributed by atoms with Gasteiger partial charge in [0.1, 0.15) is 4.90 Å². The molecule has 0 aliphatic carbocycles. The SMILES string of the molecule is [N-]=[N+]=NN(C(=O)Nc1ncccn1)S(=O)(=O)c1ccccc1. The van der Waals surface area contributed by atoms with Crippen LogP contribution < -0.4 is 5.32 Å². The zero-order chi connectivity index (χ0) is 16.0. The molecule has 2 amide bonds. The van der Waals surface area contributed by atoms with E-state index in [4.69, 9.17) is 5.53 Å². The lowest BCUT2D eigenvalue weighted by Gasteiger charge is -2.11. The molecule has 2 aromatic rings. The number of aromatic nitrogens is 2. The molecule has 1 aromatic carbocycles. The highest BCUT2D eigenvalue weighted by Crippen LogP contribution is 2.16. The van der Waals surface area contributed by atoms with Gasteiger partial charge in [0.25, 0.3) is 0 Å². The number of benzene rings is 1. The van der Waals surface area contributed by atoms with E-state index < -0.39 is 16.1 Å². The topological polar surface area (TPSA) is 141 Å². The minimum absolute atomic E-state index is 0.00130. The third-order valence-corrected chi connectivity index (χ3v) is 3.91. The highest BCUT2D eigenvalue weighted by molar-refractivity contribution is 7.89. The third kappa shape index (κ3) is 3.29. The molecule has 0 saturated heterocycles. The van der Waals surface area contributed by atoms with Crippen molar-refractivity contribution in [2.45, 2.75) is 4.90 Å². The van der Waals surface area contributed by atoms with Gasteiger partial charge in [-0.15, -0.1) is 5.53 Å². The molecule has 0 bridgehead atoms. The van der Waals surface area contributed by atoms with E-state index in [-0.39, 0.29) is 15.3 Å². The van der Waals surface area contributed by atoms with E-state index in [0.29, 0.717) is 0 Å². The highest BCUT2D eigenvalue weighted by Gasteiger charge is 2.34. The predicted molar refractivity (Wildman–Crippen MR) is 75.7 cm³/mol. The number of amides is 2. The van der Waals surface area contributed by atoms with E-state index in [2.05, 4.69) is 25.4 Å².